The van der Waals surface area contributed by atoms with Crippen LogP contribution < -0.4 is 10.2 Å². The van der Waals surface area contributed by atoms with E-state index in [9.17, 15) is 18.0 Å². The van der Waals surface area contributed by atoms with Gasteiger partial charge in [-0.15, -0.1) is 0 Å². The highest BCUT2D eigenvalue weighted by Crippen LogP contribution is 2.23. The number of thiazole rings is 1. The van der Waals surface area contributed by atoms with Gasteiger partial charge in [0.1, 0.15) is 0 Å². The minimum absolute atomic E-state index is 0.0439. The van der Waals surface area contributed by atoms with Gasteiger partial charge in [-0.3, -0.25) is 14.2 Å². The summed E-state index contributed by atoms with van der Waals surface area (Å²) in [6.07, 6.45) is 0. The van der Waals surface area contributed by atoms with E-state index in [4.69, 9.17) is 0 Å². The fourth-order valence-corrected chi connectivity index (χ4v) is 4.60. The monoisotopic (exact) mass is 405 g/mol. The molecule has 0 radical (unpaired) electrons. The molecule has 7 nitrogen and oxygen atoms in total. The topological polar surface area (TPSA) is 88.5 Å². The fourth-order valence-electron chi connectivity index (χ4n) is 2.66. The van der Waals surface area contributed by atoms with Crippen LogP contribution in [0.2, 0.25) is 0 Å². The number of carbonyl (C=O) groups is 1. The number of benzene rings is 2. The number of rotatable bonds is 5. The van der Waals surface area contributed by atoms with Gasteiger partial charge in [0.15, 0.2) is 0 Å². The van der Waals surface area contributed by atoms with E-state index in [1.807, 2.05) is 6.92 Å². The molecule has 0 aliphatic carbocycles. The van der Waals surface area contributed by atoms with E-state index in [0.29, 0.717) is 12.2 Å². The minimum Gasteiger partial charge on any atom is -0.322 e. The highest BCUT2D eigenvalue weighted by Gasteiger charge is 2.19. The number of nitrogens with zero attached hydrogens (tertiary/aromatic N) is 2. The molecule has 1 heterocycles. The number of fused-ring (bicyclic) bond motifs is 1. The summed E-state index contributed by atoms with van der Waals surface area (Å²) in [4.78, 5) is 24.5. The summed E-state index contributed by atoms with van der Waals surface area (Å²) in [5.74, 6) is -0.424. The van der Waals surface area contributed by atoms with Crippen molar-refractivity contribution in [1.29, 1.82) is 0 Å². The molecule has 9 heteroatoms. The zero-order chi connectivity index (χ0) is 19.8. The number of sulfonamides is 1. The normalized spacial score (nSPS) is 11.9. The quantitative estimate of drug-likeness (QED) is 0.707. The van der Waals surface area contributed by atoms with Gasteiger partial charge in [-0.25, -0.2) is 12.7 Å². The lowest BCUT2D eigenvalue weighted by Crippen LogP contribution is -2.22. The predicted octanol–water partition coefficient (Wildman–Crippen LogP) is 2.59. The maximum absolute atomic E-state index is 12.5. The Hall–Kier alpha value is -2.49. The molecule has 3 aromatic rings. The molecule has 0 fully saturated rings. The van der Waals surface area contributed by atoms with Gasteiger partial charge >= 0.3 is 4.87 Å². The summed E-state index contributed by atoms with van der Waals surface area (Å²) in [5, 5.41) is 2.75. The van der Waals surface area contributed by atoms with Gasteiger partial charge in [-0.1, -0.05) is 17.4 Å². The van der Waals surface area contributed by atoms with Crippen molar-refractivity contribution in [2.45, 2.75) is 18.4 Å². The molecule has 0 saturated carbocycles. The maximum atomic E-state index is 12.5. The Morgan fingerprint density at radius 3 is 2.59 bits per heavy atom. The third-order valence-electron chi connectivity index (χ3n) is 4.12. The largest absolute Gasteiger partial charge is 0.322 e. The van der Waals surface area contributed by atoms with Crippen molar-refractivity contribution in [3.63, 3.8) is 0 Å². The van der Waals surface area contributed by atoms with Crippen LogP contribution in [0.4, 0.5) is 5.69 Å². The molecule has 142 valence electrons. The zero-order valence-corrected chi connectivity index (χ0v) is 16.7. The molecular formula is C18H19N3O4S2. The summed E-state index contributed by atoms with van der Waals surface area (Å²) in [6, 6.07) is 11.1. The summed E-state index contributed by atoms with van der Waals surface area (Å²) in [6.45, 7) is 2.48. The second-order valence-corrected chi connectivity index (χ2v) is 9.21. The van der Waals surface area contributed by atoms with Crippen LogP contribution in [0, 0.1) is 0 Å². The zero-order valence-electron chi connectivity index (χ0n) is 15.1. The van der Waals surface area contributed by atoms with Gasteiger partial charge in [-0.05, 0) is 43.3 Å². The van der Waals surface area contributed by atoms with Gasteiger partial charge in [-0.2, -0.15) is 0 Å². The van der Waals surface area contributed by atoms with E-state index in [1.165, 1.54) is 32.3 Å². The molecule has 1 aromatic heterocycles. The van der Waals surface area contributed by atoms with Crippen molar-refractivity contribution in [2.75, 3.05) is 19.4 Å². The van der Waals surface area contributed by atoms with Crippen molar-refractivity contribution in [3.8, 4) is 0 Å². The first-order valence-corrected chi connectivity index (χ1v) is 10.5. The first-order chi connectivity index (χ1) is 12.7. The van der Waals surface area contributed by atoms with Gasteiger partial charge in [0, 0.05) is 31.9 Å². The smallest absolute Gasteiger partial charge is 0.308 e. The molecule has 27 heavy (non-hydrogen) atoms. The molecule has 0 aliphatic heterocycles. The van der Waals surface area contributed by atoms with Crippen LogP contribution in [-0.2, 0) is 16.6 Å². The molecule has 0 aliphatic rings. The summed E-state index contributed by atoms with van der Waals surface area (Å²) in [7, 11) is -0.751. The fraction of sp³-hybridized carbons (Fsp3) is 0.222. The van der Waals surface area contributed by atoms with Crippen LogP contribution in [0.25, 0.3) is 10.2 Å². The molecule has 2 aromatic carbocycles. The van der Waals surface area contributed by atoms with Crippen molar-refractivity contribution in [2.24, 2.45) is 0 Å². The highest BCUT2D eigenvalue weighted by atomic mass is 32.2. The number of aryl methyl sites for hydroxylation is 1. The number of aromatic nitrogens is 1. The third kappa shape index (κ3) is 3.66. The molecule has 0 bridgehead atoms. The first-order valence-electron chi connectivity index (χ1n) is 8.21. The number of amides is 1. The average molecular weight is 406 g/mol. The number of anilines is 1. The van der Waals surface area contributed by atoms with Crippen molar-refractivity contribution in [1.82, 2.24) is 8.87 Å². The van der Waals surface area contributed by atoms with Crippen LogP contribution in [0.15, 0.2) is 52.2 Å². The Morgan fingerprint density at radius 1 is 1.19 bits per heavy atom. The van der Waals surface area contributed by atoms with Crippen LogP contribution >= 0.6 is 11.3 Å². The van der Waals surface area contributed by atoms with E-state index in [1.54, 1.807) is 28.8 Å². The molecule has 0 atom stereocenters. The van der Waals surface area contributed by atoms with Crippen LogP contribution in [0.5, 0.6) is 0 Å². The van der Waals surface area contributed by atoms with Crippen molar-refractivity contribution >= 4 is 43.2 Å². The number of hydrogen-bond donors (Lipinski definition) is 1. The molecular weight excluding hydrogens is 386 g/mol. The number of hydrogen-bond acceptors (Lipinski definition) is 5. The Kier molecular flexibility index (Phi) is 5.18. The summed E-state index contributed by atoms with van der Waals surface area (Å²) in [5.41, 5.74) is 1.60. The molecule has 1 amide bonds. The molecule has 1 N–H and O–H groups in total. The molecule has 3 rings (SSSR count). The lowest BCUT2D eigenvalue weighted by atomic mass is 10.2. The van der Waals surface area contributed by atoms with E-state index in [0.717, 1.165) is 25.9 Å². The lowest BCUT2D eigenvalue weighted by molar-refractivity contribution is 0.102. The SMILES string of the molecule is CCn1c(=O)sc2cc(NC(=O)c3cccc(S(=O)(=O)N(C)C)c3)ccc21. The lowest BCUT2D eigenvalue weighted by Gasteiger charge is -2.12. The Bertz CT molecular complexity index is 1180. The van der Waals surface area contributed by atoms with E-state index >= 15 is 0 Å². The minimum atomic E-state index is -3.62. The number of carbonyl (C=O) groups excluding carboxylic acids is 1. The van der Waals surface area contributed by atoms with E-state index < -0.39 is 15.9 Å². The van der Waals surface area contributed by atoms with Crippen LogP contribution in [0.1, 0.15) is 17.3 Å². The van der Waals surface area contributed by atoms with Crippen molar-refractivity contribution in [3.05, 3.63) is 57.7 Å². The standard InChI is InChI=1S/C18H19N3O4S2/c1-4-21-15-9-8-13(11-16(15)26-18(21)23)19-17(22)12-6-5-7-14(10-12)27(24,25)20(2)3/h5-11H,4H2,1-3H3,(H,19,22). The second-order valence-electron chi connectivity index (χ2n) is 6.06. The summed E-state index contributed by atoms with van der Waals surface area (Å²) < 4.78 is 28.0. The second kappa shape index (κ2) is 7.26. The highest BCUT2D eigenvalue weighted by molar-refractivity contribution is 7.89. The van der Waals surface area contributed by atoms with Crippen molar-refractivity contribution < 1.29 is 13.2 Å². The molecule has 0 spiro atoms. The van der Waals surface area contributed by atoms with Crippen LogP contribution in [-0.4, -0.2) is 37.3 Å². The molecule has 0 unspecified atom stereocenters. The maximum Gasteiger partial charge on any atom is 0.308 e. The Balaban J connectivity index is 1.90. The van der Waals surface area contributed by atoms with Gasteiger partial charge in [0.25, 0.3) is 5.91 Å². The number of nitrogens with one attached hydrogen (secondary N) is 1. The average Bonchev–Trinajstić information content (AvgIpc) is 2.95. The summed E-state index contributed by atoms with van der Waals surface area (Å²) >= 11 is 1.12. The Labute approximate surface area is 160 Å². The predicted molar refractivity (Wildman–Crippen MR) is 107 cm³/mol. The van der Waals surface area contributed by atoms with Crippen LogP contribution in [0.3, 0.4) is 0 Å². The van der Waals surface area contributed by atoms with Gasteiger partial charge in [0.05, 0.1) is 15.1 Å². The van der Waals surface area contributed by atoms with E-state index in [-0.39, 0.29) is 15.3 Å². The van der Waals surface area contributed by atoms with Gasteiger partial charge < -0.3 is 5.32 Å². The van der Waals surface area contributed by atoms with Gasteiger partial charge in [0.2, 0.25) is 10.0 Å². The molecule has 0 saturated heterocycles. The third-order valence-corrected chi connectivity index (χ3v) is 6.87. The van der Waals surface area contributed by atoms with E-state index in [2.05, 4.69) is 5.32 Å². The Morgan fingerprint density at radius 2 is 1.93 bits per heavy atom. The first kappa shape index (κ1) is 19.3.